The molecule has 0 saturated heterocycles. The van der Waals surface area contributed by atoms with E-state index in [1.165, 1.54) is 0 Å². The lowest BCUT2D eigenvalue weighted by Gasteiger charge is -2.30. The van der Waals surface area contributed by atoms with Gasteiger partial charge >= 0.3 is 0 Å². The molecule has 5 nitrogen and oxygen atoms in total. The van der Waals surface area contributed by atoms with Crippen LogP contribution < -0.4 is 11.0 Å². The molecule has 2 N–H and O–H groups in total. The molecule has 2 atom stereocenters. The number of fused-ring (bicyclic) bond motifs is 1. The van der Waals surface area contributed by atoms with Gasteiger partial charge in [0.05, 0.1) is 23.0 Å². The number of hydrogen-bond acceptors (Lipinski definition) is 4. The first-order chi connectivity index (χ1) is 10.6. The lowest BCUT2D eigenvalue weighted by atomic mass is 9.93. The molecule has 0 amide bonds. The van der Waals surface area contributed by atoms with Crippen molar-refractivity contribution in [3.05, 3.63) is 40.4 Å². The quantitative estimate of drug-likeness (QED) is 0.913. The molecular formula is C17H23N3O2. The SMILES string of the molecule is CC(C)c1nc2ccccc2c(=O)n1N[C@@H]1CCCC[C@@H]1O. The zero-order valence-electron chi connectivity index (χ0n) is 13.1. The highest BCUT2D eigenvalue weighted by molar-refractivity contribution is 5.77. The zero-order valence-corrected chi connectivity index (χ0v) is 13.1. The number of rotatable bonds is 3. The summed E-state index contributed by atoms with van der Waals surface area (Å²) in [5.41, 5.74) is 3.86. The number of aliphatic hydroxyl groups is 1. The molecule has 1 aromatic carbocycles. The average Bonchev–Trinajstić information content (AvgIpc) is 2.51. The van der Waals surface area contributed by atoms with E-state index in [2.05, 4.69) is 10.4 Å². The van der Waals surface area contributed by atoms with Crippen molar-refractivity contribution in [3.63, 3.8) is 0 Å². The maximum atomic E-state index is 12.8. The second-order valence-electron chi connectivity index (χ2n) is 6.37. The normalized spacial score (nSPS) is 22.2. The second kappa shape index (κ2) is 6.08. The van der Waals surface area contributed by atoms with E-state index < -0.39 is 6.10 Å². The summed E-state index contributed by atoms with van der Waals surface area (Å²) in [5, 5.41) is 10.8. The summed E-state index contributed by atoms with van der Waals surface area (Å²) in [6, 6.07) is 7.31. The molecule has 1 fully saturated rings. The van der Waals surface area contributed by atoms with Crippen molar-refractivity contribution < 1.29 is 5.11 Å². The Morgan fingerprint density at radius 1 is 1.27 bits per heavy atom. The Morgan fingerprint density at radius 3 is 2.73 bits per heavy atom. The Morgan fingerprint density at radius 2 is 2.00 bits per heavy atom. The van der Waals surface area contributed by atoms with Crippen LogP contribution in [0.25, 0.3) is 10.9 Å². The first-order valence-corrected chi connectivity index (χ1v) is 8.04. The fourth-order valence-electron chi connectivity index (χ4n) is 3.09. The van der Waals surface area contributed by atoms with Crippen LogP contribution in [0, 0.1) is 0 Å². The van der Waals surface area contributed by atoms with Gasteiger partial charge in [-0.15, -0.1) is 0 Å². The largest absolute Gasteiger partial charge is 0.391 e. The van der Waals surface area contributed by atoms with Crippen molar-refractivity contribution in [3.8, 4) is 0 Å². The third kappa shape index (κ3) is 2.73. The molecule has 0 spiro atoms. The van der Waals surface area contributed by atoms with E-state index in [9.17, 15) is 9.90 Å². The first kappa shape index (κ1) is 15.0. The van der Waals surface area contributed by atoms with Crippen molar-refractivity contribution >= 4 is 10.9 Å². The Balaban J connectivity index is 2.08. The summed E-state index contributed by atoms with van der Waals surface area (Å²) in [6.45, 7) is 4.04. The highest BCUT2D eigenvalue weighted by atomic mass is 16.3. The van der Waals surface area contributed by atoms with E-state index in [1.54, 1.807) is 10.7 Å². The van der Waals surface area contributed by atoms with Gasteiger partial charge in [-0.2, -0.15) is 0 Å². The highest BCUT2D eigenvalue weighted by Gasteiger charge is 2.25. The summed E-state index contributed by atoms with van der Waals surface area (Å²) in [4.78, 5) is 17.5. The minimum absolute atomic E-state index is 0.0907. The predicted molar refractivity (Wildman–Crippen MR) is 87.7 cm³/mol. The van der Waals surface area contributed by atoms with E-state index in [-0.39, 0.29) is 17.5 Å². The van der Waals surface area contributed by atoms with E-state index >= 15 is 0 Å². The third-order valence-corrected chi connectivity index (χ3v) is 4.34. The standard InChI is InChI=1S/C17H23N3O2/c1-11(2)16-18-13-8-4-3-7-12(13)17(22)20(16)19-14-9-5-6-10-15(14)21/h3-4,7-8,11,14-15,19,21H,5-6,9-10H2,1-2H3/t14-,15+/m1/s1. The molecule has 0 unspecified atom stereocenters. The topological polar surface area (TPSA) is 67.2 Å². The van der Waals surface area contributed by atoms with Crippen LogP contribution in [0.5, 0.6) is 0 Å². The minimum Gasteiger partial charge on any atom is -0.391 e. The number of aliphatic hydroxyl groups excluding tert-OH is 1. The van der Waals surface area contributed by atoms with Crippen LogP contribution in [0.2, 0.25) is 0 Å². The number of benzene rings is 1. The van der Waals surface area contributed by atoms with Gasteiger partial charge in [-0.25, -0.2) is 9.66 Å². The summed E-state index contributed by atoms with van der Waals surface area (Å²) in [5.74, 6) is 0.826. The molecule has 0 radical (unpaired) electrons. The predicted octanol–water partition coefficient (Wildman–Crippen LogP) is 2.37. The van der Waals surface area contributed by atoms with Gasteiger partial charge in [-0.1, -0.05) is 38.8 Å². The summed E-state index contributed by atoms with van der Waals surface area (Å²) in [7, 11) is 0. The van der Waals surface area contributed by atoms with Gasteiger partial charge in [-0.05, 0) is 25.0 Å². The fraction of sp³-hybridized carbons (Fsp3) is 0.529. The van der Waals surface area contributed by atoms with Crippen molar-refractivity contribution in [2.75, 3.05) is 5.43 Å². The number of hydrogen-bond donors (Lipinski definition) is 2. The van der Waals surface area contributed by atoms with Crippen LogP contribution in [0.3, 0.4) is 0 Å². The molecule has 3 rings (SSSR count). The number of nitrogens with one attached hydrogen (secondary N) is 1. The molecule has 2 aromatic rings. The lowest BCUT2D eigenvalue weighted by molar-refractivity contribution is 0.110. The van der Waals surface area contributed by atoms with Gasteiger partial charge in [0.25, 0.3) is 5.56 Å². The summed E-state index contributed by atoms with van der Waals surface area (Å²) >= 11 is 0. The van der Waals surface area contributed by atoms with Gasteiger partial charge in [0.2, 0.25) is 0 Å². The molecule has 1 saturated carbocycles. The maximum Gasteiger partial charge on any atom is 0.279 e. The molecule has 1 aliphatic carbocycles. The van der Waals surface area contributed by atoms with E-state index in [4.69, 9.17) is 0 Å². The van der Waals surface area contributed by atoms with Gasteiger partial charge in [-0.3, -0.25) is 4.79 Å². The summed E-state index contributed by atoms with van der Waals surface area (Å²) < 4.78 is 1.55. The number of aromatic nitrogens is 2. The van der Waals surface area contributed by atoms with Crippen LogP contribution in [-0.2, 0) is 0 Å². The Kier molecular flexibility index (Phi) is 4.16. The molecule has 1 aromatic heterocycles. The van der Waals surface area contributed by atoms with Gasteiger partial charge in [0, 0.05) is 5.92 Å². The average molecular weight is 301 g/mol. The van der Waals surface area contributed by atoms with Crippen molar-refractivity contribution in [1.82, 2.24) is 9.66 Å². The molecule has 1 aliphatic rings. The number of para-hydroxylation sites is 1. The molecule has 0 aliphatic heterocycles. The van der Waals surface area contributed by atoms with Gasteiger partial charge in [0.1, 0.15) is 5.82 Å². The minimum atomic E-state index is -0.410. The first-order valence-electron chi connectivity index (χ1n) is 8.04. The molecule has 1 heterocycles. The Labute approximate surface area is 130 Å². The Bertz CT molecular complexity index is 723. The fourth-order valence-corrected chi connectivity index (χ4v) is 3.09. The maximum absolute atomic E-state index is 12.8. The molecule has 118 valence electrons. The smallest absolute Gasteiger partial charge is 0.279 e. The van der Waals surface area contributed by atoms with Gasteiger partial charge in [0.15, 0.2) is 0 Å². The third-order valence-electron chi connectivity index (χ3n) is 4.34. The highest BCUT2D eigenvalue weighted by Crippen LogP contribution is 2.20. The van der Waals surface area contributed by atoms with E-state index in [0.29, 0.717) is 11.2 Å². The van der Waals surface area contributed by atoms with Crippen molar-refractivity contribution in [2.24, 2.45) is 0 Å². The summed E-state index contributed by atoms with van der Waals surface area (Å²) in [6.07, 6.45) is 3.36. The van der Waals surface area contributed by atoms with E-state index in [1.807, 2.05) is 32.0 Å². The van der Waals surface area contributed by atoms with Crippen LogP contribution in [0.15, 0.2) is 29.1 Å². The van der Waals surface area contributed by atoms with Crippen LogP contribution in [0.1, 0.15) is 51.3 Å². The molecule has 5 heteroatoms. The molecular weight excluding hydrogens is 278 g/mol. The van der Waals surface area contributed by atoms with Crippen LogP contribution in [0.4, 0.5) is 0 Å². The van der Waals surface area contributed by atoms with Crippen molar-refractivity contribution in [1.29, 1.82) is 0 Å². The molecule has 22 heavy (non-hydrogen) atoms. The lowest BCUT2D eigenvalue weighted by Crippen LogP contribution is -2.45. The Hall–Kier alpha value is -1.88. The monoisotopic (exact) mass is 301 g/mol. The van der Waals surface area contributed by atoms with Crippen LogP contribution >= 0.6 is 0 Å². The second-order valence-corrected chi connectivity index (χ2v) is 6.37. The van der Waals surface area contributed by atoms with Gasteiger partial charge < -0.3 is 10.5 Å². The van der Waals surface area contributed by atoms with E-state index in [0.717, 1.165) is 31.2 Å². The molecule has 0 bridgehead atoms. The van der Waals surface area contributed by atoms with Crippen LogP contribution in [-0.4, -0.2) is 26.9 Å². The van der Waals surface area contributed by atoms with Crippen molar-refractivity contribution in [2.45, 2.75) is 57.6 Å². The number of nitrogens with zero attached hydrogens (tertiary/aromatic N) is 2. The zero-order chi connectivity index (χ0) is 15.7.